The van der Waals surface area contributed by atoms with Gasteiger partial charge in [-0.1, -0.05) is 0 Å². The van der Waals surface area contributed by atoms with Crippen LogP contribution in [0.4, 0.5) is 8.78 Å². The molecule has 148 valence electrons. The fraction of sp³-hybridized carbons (Fsp3) is 0.263. The molecule has 9 heteroatoms. The molecule has 0 radical (unpaired) electrons. The van der Waals surface area contributed by atoms with Crippen LogP contribution in [0.3, 0.4) is 0 Å². The van der Waals surface area contributed by atoms with Crippen LogP contribution in [-0.4, -0.2) is 28.7 Å². The molecule has 1 aliphatic heterocycles. The minimum atomic E-state index is -3.90. The van der Waals surface area contributed by atoms with Crippen molar-refractivity contribution in [2.45, 2.75) is 29.4 Å². The lowest BCUT2D eigenvalue weighted by Crippen LogP contribution is -2.22. The van der Waals surface area contributed by atoms with E-state index in [9.17, 15) is 17.2 Å². The summed E-state index contributed by atoms with van der Waals surface area (Å²) in [5.74, 6) is 1.02. The summed E-state index contributed by atoms with van der Waals surface area (Å²) < 4.78 is 66.3. The number of hydrogen-bond donors (Lipinski definition) is 1. The van der Waals surface area contributed by atoms with Gasteiger partial charge >= 0.3 is 6.61 Å². The zero-order chi connectivity index (χ0) is 19.9. The summed E-state index contributed by atoms with van der Waals surface area (Å²) in [6, 6.07) is 7.82. The van der Waals surface area contributed by atoms with Gasteiger partial charge in [0.1, 0.15) is 11.5 Å². The van der Waals surface area contributed by atoms with Crippen molar-refractivity contribution < 1.29 is 31.1 Å². The van der Waals surface area contributed by atoms with Crippen molar-refractivity contribution in [3.63, 3.8) is 0 Å². The molecule has 0 spiro atoms. The highest BCUT2D eigenvalue weighted by atomic mass is 32.2. The third kappa shape index (κ3) is 3.20. The number of benzene rings is 2. The minimum absolute atomic E-state index is 0.0357. The Morgan fingerprint density at radius 3 is 2.57 bits per heavy atom. The number of hydrogen-bond acceptors (Lipinski definition) is 6. The first-order valence-electron chi connectivity index (χ1n) is 8.53. The zero-order valence-corrected chi connectivity index (χ0v) is 15.7. The molecule has 0 atom stereocenters. The fourth-order valence-corrected chi connectivity index (χ4v) is 4.60. The lowest BCUT2D eigenvalue weighted by molar-refractivity contribution is -0.0498. The summed E-state index contributed by atoms with van der Waals surface area (Å²) in [5, 5.41) is 3.92. The molecule has 2 aromatic carbocycles. The van der Waals surface area contributed by atoms with E-state index in [2.05, 4.69) is 10.1 Å². The number of alkyl halides is 2. The fourth-order valence-electron chi connectivity index (χ4n) is 3.30. The van der Waals surface area contributed by atoms with E-state index < -0.39 is 16.4 Å². The number of halogens is 2. The number of sulfone groups is 1. The van der Waals surface area contributed by atoms with Crippen LogP contribution in [0, 0.1) is 0 Å². The molecule has 0 unspecified atom stereocenters. The SMILES string of the molecule is COc1cc(S(=O)(=O)c2ccc(OC(F)F)cc2)cc2c3c(oc12)CCNC3. The van der Waals surface area contributed by atoms with Gasteiger partial charge in [-0.25, -0.2) is 8.42 Å². The van der Waals surface area contributed by atoms with Gasteiger partial charge in [0, 0.05) is 36.5 Å². The van der Waals surface area contributed by atoms with Crippen LogP contribution >= 0.6 is 0 Å². The largest absolute Gasteiger partial charge is 0.493 e. The maximum atomic E-state index is 13.1. The maximum absolute atomic E-state index is 13.1. The highest BCUT2D eigenvalue weighted by Crippen LogP contribution is 2.38. The van der Waals surface area contributed by atoms with Crippen LogP contribution in [-0.2, 0) is 22.8 Å². The van der Waals surface area contributed by atoms with Gasteiger partial charge in [-0.05, 0) is 30.3 Å². The molecule has 2 heterocycles. The standard InChI is InChI=1S/C19H17F2NO5S/c1-25-17-9-13(8-14-15-10-22-7-6-16(15)27-18(14)17)28(23,24)12-4-2-11(3-5-12)26-19(20)21/h2-5,8-9,19,22H,6-7,10H2,1H3. The zero-order valence-electron chi connectivity index (χ0n) is 14.9. The Bertz CT molecular complexity index is 1120. The predicted molar refractivity (Wildman–Crippen MR) is 96.7 cm³/mol. The smallest absolute Gasteiger partial charge is 0.387 e. The van der Waals surface area contributed by atoms with Gasteiger partial charge in [0.2, 0.25) is 9.84 Å². The van der Waals surface area contributed by atoms with E-state index in [1.165, 1.54) is 37.4 Å². The third-order valence-corrected chi connectivity index (χ3v) is 6.38. The molecule has 1 N–H and O–H groups in total. The van der Waals surface area contributed by atoms with Crippen molar-refractivity contribution in [2.24, 2.45) is 0 Å². The van der Waals surface area contributed by atoms with Crippen LogP contribution in [0.25, 0.3) is 11.0 Å². The van der Waals surface area contributed by atoms with Crippen molar-refractivity contribution in [2.75, 3.05) is 13.7 Å². The van der Waals surface area contributed by atoms with Gasteiger partial charge in [-0.3, -0.25) is 0 Å². The topological polar surface area (TPSA) is 77.8 Å². The lowest BCUT2D eigenvalue weighted by Gasteiger charge is -2.11. The molecule has 0 saturated carbocycles. The second-order valence-corrected chi connectivity index (χ2v) is 8.24. The average Bonchev–Trinajstić information content (AvgIpc) is 3.06. The summed E-state index contributed by atoms with van der Waals surface area (Å²) in [4.78, 5) is -0.000409. The van der Waals surface area contributed by atoms with E-state index in [1.54, 1.807) is 6.07 Å². The lowest BCUT2D eigenvalue weighted by atomic mass is 10.1. The summed E-state index contributed by atoms with van der Waals surface area (Å²) in [7, 11) is -2.45. The van der Waals surface area contributed by atoms with Gasteiger partial charge in [0.15, 0.2) is 11.3 Å². The maximum Gasteiger partial charge on any atom is 0.387 e. The van der Waals surface area contributed by atoms with Crippen molar-refractivity contribution in [3.8, 4) is 11.5 Å². The minimum Gasteiger partial charge on any atom is -0.493 e. The van der Waals surface area contributed by atoms with Crippen LogP contribution in [0.1, 0.15) is 11.3 Å². The van der Waals surface area contributed by atoms with Crippen molar-refractivity contribution in [1.82, 2.24) is 5.32 Å². The monoisotopic (exact) mass is 409 g/mol. The molecule has 1 aliphatic rings. The molecule has 0 bridgehead atoms. The Morgan fingerprint density at radius 1 is 1.14 bits per heavy atom. The Hall–Kier alpha value is -2.65. The van der Waals surface area contributed by atoms with E-state index in [4.69, 9.17) is 9.15 Å². The Kier molecular flexibility index (Phi) is 4.72. The van der Waals surface area contributed by atoms with Gasteiger partial charge in [0.05, 0.1) is 16.9 Å². The normalized spacial score (nSPS) is 14.3. The molecule has 3 aromatic rings. The molecule has 6 nitrogen and oxygen atoms in total. The van der Waals surface area contributed by atoms with Crippen LogP contribution < -0.4 is 14.8 Å². The van der Waals surface area contributed by atoms with Crippen LogP contribution in [0.15, 0.2) is 50.6 Å². The molecular formula is C19H17F2NO5S. The summed E-state index contributed by atoms with van der Waals surface area (Å²) in [6.45, 7) is -1.61. The van der Waals surface area contributed by atoms with E-state index in [0.29, 0.717) is 29.7 Å². The molecule has 28 heavy (non-hydrogen) atoms. The molecule has 0 fully saturated rings. The van der Waals surface area contributed by atoms with E-state index in [1.807, 2.05) is 0 Å². The number of furan rings is 1. The summed E-state index contributed by atoms with van der Waals surface area (Å²) in [5.41, 5.74) is 1.42. The molecule has 0 saturated heterocycles. The molecular weight excluding hydrogens is 392 g/mol. The van der Waals surface area contributed by atoms with Gasteiger partial charge < -0.3 is 19.2 Å². The molecule has 0 aliphatic carbocycles. The third-order valence-electron chi connectivity index (χ3n) is 4.64. The first-order valence-corrected chi connectivity index (χ1v) is 10.0. The van der Waals surface area contributed by atoms with Crippen LogP contribution in [0.5, 0.6) is 11.5 Å². The second-order valence-electron chi connectivity index (χ2n) is 6.29. The van der Waals surface area contributed by atoms with Crippen molar-refractivity contribution in [3.05, 3.63) is 47.7 Å². The van der Waals surface area contributed by atoms with E-state index in [0.717, 1.165) is 17.9 Å². The number of nitrogens with one attached hydrogen (secondary N) is 1. The van der Waals surface area contributed by atoms with Gasteiger partial charge in [-0.2, -0.15) is 8.78 Å². The molecule has 1 aromatic heterocycles. The quantitative estimate of drug-likeness (QED) is 0.695. The number of rotatable bonds is 5. The van der Waals surface area contributed by atoms with Gasteiger partial charge in [-0.15, -0.1) is 0 Å². The summed E-state index contributed by atoms with van der Waals surface area (Å²) in [6.07, 6.45) is 0.709. The van der Waals surface area contributed by atoms with Crippen molar-refractivity contribution in [1.29, 1.82) is 0 Å². The Labute approximate surface area is 160 Å². The van der Waals surface area contributed by atoms with Gasteiger partial charge in [0.25, 0.3) is 0 Å². The van der Waals surface area contributed by atoms with Crippen molar-refractivity contribution >= 4 is 20.8 Å². The van der Waals surface area contributed by atoms with E-state index >= 15 is 0 Å². The highest BCUT2D eigenvalue weighted by molar-refractivity contribution is 7.91. The number of ether oxygens (including phenoxy) is 2. The average molecular weight is 409 g/mol. The Balaban J connectivity index is 1.81. The first-order chi connectivity index (χ1) is 13.4. The first kappa shape index (κ1) is 18.7. The summed E-state index contributed by atoms with van der Waals surface area (Å²) >= 11 is 0. The van der Waals surface area contributed by atoms with Crippen LogP contribution in [0.2, 0.25) is 0 Å². The number of fused-ring (bicyclic) bond motifs is 3. The molecule has 4 rings (SSSR count). The van der Waals surface area contributed by atoms with E-state index in [-0.39, 0.29) is 15.5 Å². The highest BCUT2D eigenvalue weighted by Gasteiger charge is 2.25. The predicted octanol–water partition coefficient (Wildman–Crippen LogP) is 3.52. The second kappa shape index (κ2) is 7.06. The molecule has 0 amide bonds. The Morgan fingerprint density at radius 2 is 1.89 bits per heavy atom. The number of methoxy groups -OCH3 is 1.